The van der Waals surface area contributed by atoms with Crippen LogP contribution in [0.4, 0.5) is 17.1 Å². The molecule has 1 aromatic heterocycles. The van der Waals surface area contributed by atoms with Crippen molar-refractivity contribution < 1.29 is 9.15 Å². The van der Waals surface area contributed by atoms with Gasteiger partial charge in [0.2, 0.25) is 0 Å². The Balaban J connectivity index is 1.32. The SMILES string of the molecule is N#Cc1ccc(-c2ccc(N(c3cccc4c3OC3CC=CC=C43)c3cccc4c3oc3ccccc34)cc2)cc1. The van der Waals surface area contributed by atoms with Crippen LogP contribution in [0.15, 0.2) is 132 Å². The number of furan rings is 1. The third kappa shape index (κ3) is 3.75. The standard InChI is InChI=1S/C37H24N2O2/c38-23-24-15-17-25(18-16-24)26-19-21-27(22-20-26)39(32-11-5-9-30-28-7-1-3-13-34(28)40-36(30)32)33-12-6-10-31-29-8-2-4-14-35(29)41-37(31)33/h1-13,15-22,35H,14H2. The number of allylic oxidation sites excluding steroid dienone is 2. The number of fused-ring (bicyclic) bond motifs is 6. The molecule has 4 heteroatoms. The first-order chi connectivity index (χ1) is 20.3. The molecule has 4 nitrogen and oxygen atoms in total. The van der Waals surface area contributed by atoms with Crippen LogP contribution in [0.1, 0.15) is 17.5 Å². The first-order valence-electron chi connectivity index (χ1n) is 13.8. The highest BCUT2D eigenvalue weighted by Crippen LogP contribution is 2.51. The summed E-state index contributed by atoms with van der Waals surface area (Å²) in [5, 5.41) is 11.4. The summed E-state index contributed by atoms with van der Waals surface area (Å²) in [4.78, 5) is 2.25. The molecule has 0 bridgehead atoms. The van der Waals surface area contributed by atoms with Gasteiger partial charge in [0.15, 0.2) is 11.3 Å². The number of benzene rings is 5. The molecular weight excluding hydrogens is 504 g/mol. The van der Waals surface area contributed by atoms with Gasteiger partial charge in [0, 0.05) is 34.0 Å². The molecule has 41 heavy (non-hydrogen) atoms. The van der Waals surface area contributed by atoms with Gasteiger partial charge in [-0.2, -0.15) is 5.26 Å². The lowest BCUT2D eigenvalue weighted by molar-refractivity contribution is 0.280. The maximum atomic E-state index is 9.19. The third-order valence-electron chi connectivity index (χ3n) is 8.01. The topological polar surface area (TPSA) is 49.4 Å². The van der Waals surface area contributed by atoms with E-state index in [2.05, 4.69) is 95.9 Å². The quantitative estimate of drug-likeness (QED) is 0.228. The largest absolute Gasteiger partial charge is 0.483 e. The van der Waals surface area contributed by atoms with E-state index >= 15 is 0 Å². The van der Waals surface area contributed by atoms with Crippen LogP contribution in [0.2, 0.25) is 0 Å². The van der Waals surface area contributed by atoms with Gasteiger partial charge in [0.1, 0.15) is 11.7 Å². The van der Waals surface area contributed by atoms with Crippen molar-refractivity contribution in [1.29, 1.82) is 5.26 Å². The molecule has 1 atom stereocenters. The van der Waals surface area contributed by atoms with Crippen molar-refractivity contribution in [3.63, 3.8) is 0 Å². The molecule has 2 heterocycles. The minimum Gasteiger partial charge on any atom is -0.483 e. The van der Waals surface area contributed by atoms with Gasteiger partial charge >= 0.3 is 0 Å². The number of para-hydroxylation sites is 3. The van der Waals surface area contributed by atoms with Crippen LogP contribution in [0.3, 0.4) is 0 Å². The van der Waals surface area contributed by atoms with Crippen molar-refractivity contribution in [2.24, 2.45) is 0 Å². The molecule has 0 N–H and O–H groups in total. The van der Waals surface area contributed by atoms with Crippen LogP contribution in [0.5, 0.6) is 5.75 Å². The normalized spacial score (nSPS) is 15.2. The molecule has 6 aromatic rings. The Morgan fingerprint density at radius 2 is 1.46 bits per heavy atom. The minimum absolute atomic E-state index is 0.0266. The van der Waals surface area contributed by atoms with Gasteiger partial charge in [-0.15, -0.1) is 0 Å². The number of nitriles is 1. The summed E-state index contributed by atoms with van der Waals surface area (Å²) in [5.74, 6) is 0.886. The van der Waals surface area contributed by atoms with E-state index < -0.39 is 0 Å². The molecule has 8 rings (SSSR count). The molecule has 5 aromatic carbocycles. The van der Waals surface area contributed by atoms with Gasteiger partial charge < -0.3 is 14.1 Å². The van der Waals surface area contributed by atoms with Gasteiger partial charge in [-0.25, -0.2) is 0 Å². The average molecular weight is 529 g/mol. The lowest BCUT2D eigenvalue weighted by Crippen LogP contribution is -2.14. The van der Waals surface area contributed by atoms with Crippen LogP contribution in [-0.2, 0) is 0 Å². The minimum atomic E-state index is 0.0266. The van der Waals surface area contributed by atoms with Crippen molar-refractivity contribution in [1.82, 2.24) is 0 Å². The molecule has 0 radical (unpaired) electrons. The molecule has 1 aliphatic carbocycles. The Morgan fingerprint density at radius 1 is 0.732 bits per heavy atom. The van der Waals surface area contributed by atoms with Crippen molar-refractivity contribution in [2.45, 2.75) is 12.5 Å². The van der Waals surface area contributed by atoms with Crippen molar-refractivity contribution in [2.75, 3.05) is 4.90 Å². The Kier molecular flexibility index (Phi) is 5.29. The average Bonchev–Trinajstić information content (AvgIpc) is 3.61. The lowest BCUT2D eigenvalue weighted by Gasteiger charge is -2.27. The fourth-order valence-electron chi connectivity index (χ4n) is 6.03. The first-order valence-corrected chi connectivity index (χ1v) is 13.8. The van der Waals surface area contributed by atoms with Crippen LogP contribution < -0.4 is 9.64 Å². The van der Waals surface area contributed by atoms with Crippen molar-refractivity contribution in [3.8, 4) is 22.9 Å². The Morgan fingerprint density at radius 3 is 2.29 bits per heavy atom. The third-order valence-corrected chi connectivity index (χ3v) is 8.01. The molecular formula is C37H24N2O2. The van der Waals surface area contributed by atoms with Crippen molar-refractivity contribution >= 4 is 44.6 Å². The van der Waals surface area contributed by atoms with E-state index in [1.54, 1.807) is 0 Å². The molecule has 194 valence electrons. The number of rotatable bonds is 4. The van der Waals surface area contributed by atoms with E-state index in [-0.39, 0.29) is 6.10 Å². The van der Waals surface area contributed by atoms with E-state index in [1.165, 1.54) is 5.57 Å². The van der Waals surface area contributed by atoms with Gasteiger partial charge in [-0.3, -0.25) is 0 Å². The maximum absolute atomic E-state index is 9.19. The number of nitrogens with zero attached hydrogens (tertiary/aromatic N) is 2. The first kappa shape index (κ1) is 23.4. The summed E-state index contributed by atoms with van der Waals surface area (Å²) < 4.78 is 13.1. The van der Waals surface area contributed by atoms with Gasteiger partial charge in [-0.05, 0) is 53.6 Å². The van der Waals surface area contributed by atoms with Crippen LogP contribution >= 0.6 is 0 Å². The van der Waals surface area contributed by atoms with E-state index in [4.69, 9.17) is 9.15 Å². The highest BCUT2D eigenvalue weighted by Gasteiger charge is 2.33. The fraction of sp³-hybridized carbons (Fsp3) is 0.0541. The van der Waals surface area contributed by atoms with E-state index in [0.29, 0.717) is 5.56 Å². The smallest absolute Gasteiger partial charge is 0.159 e. The van der Waals surface area contributed by atoms with Gasteiger partial charge in [0.25, 0.3) is 0 Å². The van der Waals surface area contributed by atoms with Gasteiger partial charge in [-0.1, -0.05) is 85.0 Å². The number of hydrogen-bond donors (Lipinski definition) is 0. The number of ether oxygens (including phenoxy) is 1. The summed E-state index contributed by atoms with van der Waals surface area (Å²) >= 11 is 0. The predicted octanol–water partition coefficient (Wildman–Crippen LogP) is 9.70. The zero-order chi connectivity index (χ0) is 27.3. The van der Waals surface area contributed by atoms with E-state index in [9.17, 15) is 5.26 Å². The van der Waals surface area contributed by atoms with E-state index in [1.807, 2.05) is 42.5 Å². The summed E-state index contributed by atoms with van der Waals surface area (Å²) in [6.07, 6.45) is 7.33. The lowest BCUT2D eigenvalue weighted by atomic mass is 9.96. The molecule has 0 amide bonds. The summed E-state index contributed by atoms with van der Waals surface area (Å²) in [6, 6.07) is 39.3. The Hall–Kier alpha value is -5.53. The summed E-state index contributed by atoms with van der Waals surface area (Å²) in [5.41, 5.74) is 9.76. The number of hydrogen-bond acceptors (Lipinski definition) is 4. The Labute approximate surface area is 237 Å². The summed E-state index contributed by atoms with van der Waals surface area (Å²) in [6.45, 7) is 0. The number of anilines is 3. The second-order valence-electron chi connectivity index (χ2n) is 10.4. The maximum Gasteiger partial charge on any atom is 0.159 e. The molecule has 0 saturated carbocycles. The summed E-state index contributed by atoms with van der Waals surface area (Å²) in [7, 11) is 0. The van der Waals surface area contributed by atoms with Crippen LogP contribution in [0.25, 0.3) is 38.6 Å². The van der Waals surface area contributed by atoms with Crippen molar-refractivity contribution in [3.05, 3.63) is 139 Å². The Bertz CT molecular complexity index is 2060. The molecule has 0 fully saturated rings. The predicted molar refractivity (Wildman–Crippen MR) is 165 cm³/mol. The molecule has 1 aliphatic heterocycles. The molecule has 0 spiro atoms. The monoisotopic (exact) mass is 528 g/mol. The molecule has 2 aliphatic rings. The molecule has 1 unspecified atom stereocenters. The zero-order valence-electron chi connectivity index (χ0n) is 22.1. The van der Waals surface area contributed by atoms with Gasteiger partial charge in [0.05, 0.1) is 23.0 Å². The fourth-order valence-corrected chi connectivity index (χ4v) is 6.03. The van der Waals surface area contributed by atoms with Crippen LogP contribution in [0, 0.1) is 11.3 Å². The van der Waals surface area contributed by atoms with Crippen LogP contribution in [-0.4, -0.2) is 6.10 Å². The van der Waals surface area contributed by atoms with E-state index in [0.717, 1.165) is 67.9 Å². The second kappa shape index (κ2) is 9.29. The highest BCUT2D eigenvalue weighted by molar-refractivity contribution is 6.10. The second-order valence-corrected chi connectivity index (χ2v) is 10.4. The zero-order valence-corrected chi connectivity index (χ0v) is 22.1. The molecule has 0 saturated heterocycles. The highest BCUT2D eigenvalue weighted by atomic mass is 16.5.